The van der Waals surface area contributed by atoms with Crippen LogP contribution in [0.2, 0.25) is 5.02 Å². The van der Waals surface area contributed by atoms with Gasteiger partial charge in [-0.05, 0) is 25.1 Å². The third-order valence-corrected chi connectivity index (χ3v) is 4.09. The molecule has 1 amide bonds. The maximum atomic E-state index is 12.6. The molecular formula is C18H13ClF3N5O4. The number of carbonyl (C=O) groups excluding carboxylic acids is 1. The molecule has 2 aromatic heterocycles. The van der Waals surface area contributed by atoms with Crippen molar-refractivity contribution < 1.29 is 27.6 Å². The second kappa shape index (κ2) is 8.60. The number of anilines is 1. The van der Waals surface area contributed by atoms with Gasteiger partial charge in [0.1, 0.15) is 10.8 Å². The molecule has 0 atom stereocenters. The van der Waals surface area contributed by atoms with Crippen LogP contribution in [0.4, 0.5) is 24.7 Å². The molecule has 0 aliphatic rings. The van der Waals surface area contributed by atoms with Crippen LogP contribution in [0.1, 0.15) is 16.1 Å². The second-order valence-electron chi connectivity index (χ2n) is 6.23. The van der Waals surface area contributed by atoms with E-state index in [2.05, 4.69) is 20.1 Å². The van der Waals surface area contributed by atoms with Crippen LogP contribution < -0.4 is 10.1 Å². The van der Waals surface area contributed by atoms with Crippen molar-refractivity contribution in [1.82, 2.24) is 14.8 Å². The topological polar surface area (TPSA) is 112 Å². The summed E-state index contributed by atoms with van der Waals surface area (Å²) in [4.78, 5) is 26.5. The van der Waals surface area contributed by atoms with Crippen LogP contribution in [0.15, 0.2) is 42.6 Å². The van der Waals surface area contributed by atoms with E-state index < -0.39 is 29.5 Å². The van der Waals surface area contributed by atoms with Gasteiger partial charge >= 0.3 is 6.18 Å². The number of alkyl halides is 3. The fourth-order valence-corrected chi connectivity index (χ4v) is 2.72. The highest BCUT2D eigenvalue weighted by Gasteiger charge is 2.29. The number of hydrogen-bond acceptors (Lipinski definition) is 6. The van der Waals surface area contributed by atoms with E-state index in [1.165, 1.54) is 28.9 Å². The predicted octanol–water partition coefficient (Wildman–Crippen LogP) is 4.33. The zero-order chi connectivity index (χ0) is 22.8. The van der Waals surface area contributed by atoms with Gasteiger partial charge in [0.15, 0.2) is 6.61 Å². The third-order valence-electron chi connectivity index (χ3n) is 3.82. The molecule has 0 bridgehead atoms. The van der Waals surface area contributed by atoms with Crippen molar-refractivity contribution in [2.24, 2.45) is 0 Å². The summed E-state index contributed by atoms with van der Waals surface area (Å²) in [6.07, 6.45) is -3.54. The summed E-state index contributed by atoms with van der Waals surface area (Å²) < 4.78 is 42.7. The van der Waals surface area contributed by atoms with Crippen LogP contribution in [0.5, 0.6) is 5.88 Å². The Morgan fingerprint density at radius 1 is 1.29 bits per heavy atom. The minimum absolute atomic E-state index is 0.0292. The molecule has 31 heavy (non-hydrogen) atoms. The number of non-ortho nitro benzene ring substituents is 1. The highest BCUT2D eigenvalue weighted by Crippen LogP contribution is 2.26. The van der Waals surface area contributed by atoms with Gasteiger partial charge in [-0.1, -0.05) is 11.6 Å². The molecule has 1 aromatic carbocycles. The van der Waals surface area contributed by atoms with Gasteiger partial charge in [0.2, 0.25) is 5.88 Å². The lowest BCUT2D eigenvalue weighted by molar-refractivity contribution is -0.384. The normalized spacial score (nSPS) is 11.3. The smallest absolute Gasteiger partial charge is 0.422 e. The summed E-state index contributed by atoms with van der Waals surface area (Å²) in [6, 6.07) is 8.20. The summed E-state index contributed by atoms with van der Waals surface area (Å²) in [5, 5.41) is 17.4. The number of pyridine rings is 1. The molecule has 3 rings (SSSR count). The van der Waals surface area contributed by atoms with Gasteiger partial charge in [0.05, 0.1) is 21.9 Å². The van der Waals surface area contributed by atoms with Crippen LogP contribution >= 0.6 is 11.6 Å². The largest absolute Gasteiger partial charge is 0.467 e. The Morgan fingerprint density at radius 2 is 1.97 bits per heavy atom. The van der Waals surface area contributed by atoms with Crippen LogP contribution in [-0.2, 0) is 0 Å². The maximum Gasteiger partial charge on any atom is 0.422 e. The third kappa shape index (κ3) is 5.48. The number of hydrogen-bond donors (Lipinski definition) is 1. The van der Waals surface area contributed by atoms with Gasteiger partial charge in [-0.15, -0.1) is 0 Å². The molecule has 1 N–H and O–H groups in total. The number of amides is 1. The molecule has 3 aromatic rings. The van der Waals surface area contributed by atoms with Crippen LogP contribution in [0, 0.1) is 17.0 Å². The van der Waals surface area contributed by atoms with Crippen molar-refractivity contribution in [3.63, 3.8) is 0 Å². The van der Waals surface area contributed by atoms with E-state index in [1.54, 1.807) is 13.0 Å². The van der Waals surface area contributed by atoms with Crippen LogP contribution in [0.3, 0.4) is 0 Å². The average molecular weight is 456 g/mol. The Morgan fingerprint density at radius 3 is 2.55 bits per heavy atom. The minimum atomic E-state index is -4.56. The zero-order valence-electron chi connectivity index (χ0n) is 15.7. The number of carbonyl (C=O) groups is 1. The first-order chi connectivity index (χ1) is 14.5. The summed E-state index contributed by atoms with van der Waals surface area (Å²) >= 11 is 5.87. The first-order valence-electron chi connectivity index (χ1n) is 8.51. The molecule has 162 valence electrons. The van der Waals surface area contributed by atoms with E-state index in [-0.39, 0.29) is 22.1 Å². The van der Waals surface area contributed by atoms with Gasteiger partial charge in [-0.25, -0.2) is 9.67 Å². The number of halogens is 4. The molecule has 0 unspecified atom stereocenters. The van der Waals surface area contributed by atoms with Gasteiger partial charge < -0.3 is 10.1 Å². The number of ether oxygens (including phenoxy) is 1. The van der Waals surface area contributed by atoms with Crippen molar-refractivity contribution in [2.75, 3.05) is 11.9 Å². The number of nitrogens with one attached hydrogen (secondary N) is 1. The summed E-state index contributed by atoms with van der Waals surface area (Å²) in [5.74, 6) is -0.855. The lowest BCUT2D eigenvalue weighted by Crippen LogP contribution is -2.20. The van der Waals surface area contributed by atoms with Crippen molar-refractivity contribution in [2.45, 2.75) is 13.1 Å². The highest BCUT2D eigenvalue weighted by molar-refractivity contribution is 6.32. The predicted molar refractivity (Wildman–Crippen MR) is 104 cm³/mol. The van der Waals surface area contributed by atoms with Crippen molar-refractivity contribution >= 4 is 29.0 Å². The monoisotopic (exact) mass is 455 g/mol. The Balaban J connectivity index is 1.79. The first-order valence-corrected chi connectivity index (χ1v) is 8.89. The lowest BCUT2D eigenvalue weighted by Gasteiger charge is -2.11. The summed E-state index contributed by atoms with van der Waals surface area (Å²) in [6.45, 7) is 0.113. The molecule has 0 aliphatic heterocycles. The standard InChI is InChI=1S/C18H13ClF3N5O4/c1-10-6-15(26(25-10)12-2-4-13(5-3-12)27(29)30)24-16(28)11-7-14(19)17(23-8-11)31-9-18(20,21)22/h2-8H,9H2,1H3,(H,24,28). The van der Waals surface area contributed by atoms with Crippen molar-refractivity contribution in [3.8, 4) is 11.6 Å². The highest BCUT2D eigenvalue weighted by atomic mass is 35.5. The summed E-state index contributed by atoms with van der Waals surface area (Å²) in [7, 11) is 0. The fraction of sp³-hybridized carbons (Fsp3) is 0.167. The van der Waals surface area contributed by atoms with E-state index in [9.17, 15) is 28.1 Å². The quantitative estimate of drug-likeness (QED) is 0.437. The summed E-state index contributed by atoms with van der Waals surface area (Å²) in [5.41, 5.74) is 0.881. The minimum Gasteiger partial charge on any atom is -0.467 e. The van der Waals surface area contributed by atoms with E-state index in [0.717, 1.165) is 12.3 Å². The number of nitro benzene ring substituents is 1. The van der Waals surface area contributed by atoms with Crippen LogP contribution in [0.25, 0.3) is 5.69 Å². The van der Waals surface area contributed by atoms with Gasteiger partial charge in [-0.3, -0.25) is 14.9 Å². The number of nitro groups is 1. The second-order valence-corrected chi connectivity index (χ2v) is 6.63. The Labute approximate surface area is 177 Å². The Hall–Kier alpha value is -3.67. The fourth-order valence-electron chi connectivity index (χ4n) is 2.50. The van der Waals surface area contributed by atoms with Gasteiger partial charge in [0, 0.05) is 24.4 Å². The first kappa shape index (κ1) is 22.0. The van der Waals surface area contributed by atoms with E-state index in [1.807, 2.05) is 0 Å². The Kier molecular flexibility index (Phi) is 6.11. The molecule has 0 saturated heterocycles. The molecule has 13 heteroatoms. The van der Waals surface area contributed by atoms with E-state index >= 15 is 0 Å². The molecule has 0 aliphatic carbocycles. The van der Waals surface area contributed by atoms with Gasteiger partial charge in [-0.2, -0.15) is 18.3 Å². The SMILES string of the molecule is Cc1cc(NC(=O)c2cnc(OCC(F)(F)F)c(Cl)c2)n(-c2ccc([N+](=O)[O-])cc2)n1. The number of benzene rings is 1. The molecule has 0 fully saturated rings. The molecule has 0 saturated carbocycles. The number of rotatable bonds is 6. The lowest BCUT2D eigenvalue weighted by atomic mass is 10.2. The molecular weight excluding hydrogens is 443 g/mol. The molecule has 0 radical (unpaired) electrons. The molecule has 2 heterocycles. The van der Waals surface area contributed by atoms with Crippen molar-refractivity contribution in [1.29, 1.82) is 0 Å². The zero-order valence-corrected chi connectivity index (χ0v) is 16.4. The molecule has 9 nitrogen and oxygen atoms in total. The maximum absolute atomic E-state index is 12.6. The van der Waals surface area contributed by atoms with E-state index in [4.69, 9.17) is 11.6 Å². The van der Waals surface area contributed by atoms with Crippen LogP contribution in [-0.4, -0.2) is 38.4 Å². The number of aryl methyl sites for hydroxylation is 1. The number of nitrogens with zero attached hydrogens (tertiary/aromatic N) is 4. The molecule has 0 spiro atoms. The van der Waals surface area contributed by atoms with E-state index in [0.29, 0.717) is 11.4 Å². The Bertz CT molecular complexity index is 1130. The number of aromatic nitrogens is 3. The average Bonchev–Trinajstić information content (AvgIpc) is 3.06. The van der Waals surface area contributed by atoms with Gasteiger partial charge in [0.25, 0.3) is 11.6 Å². The van der Waals surface area contributed by atoms with Crippen molar-refractivity contribution in [3.05, 3.63) is 69.0 Å².